The van der Waals surface area contributed by atoms with E-state index in [2.05, 4.69) is 22.1 Å². The molecule has 0 radical (unpaired) electrons. The van der Waals surface area contributed by atoms with E-state index in [1.807, 2.05) is 35.0 Å². The molecule has 25 heavy (non-hydrogen) atoms. The van der Waals surface area contributed by atoms with Gasteiger partial charge in [0.1, 0.15) is 5.69 Å². The van der Waals surface area contributed by atoms with Gasteiger partial charge in [0.05, 0.1) is 11.9 Å². The summed E-state index contributed by atoms with van der Waals surface area (Å²) in [5.74, 6) is -0.0306. The molecule has 0 unspecified atom stereocenters. The lowest BCUT2D eigenvalue weighted by Crippen LogP contribution is -2.37. The molecule has 0 spiro atoms. The van der Waals surface area contributed by atoms with E-state index >= 15 is 0 Å². The van der Waals surface area contributed by atoms with Gasteiger partial charge in [-0.15, -0.1) is 0 Å². The number of pyridine rings is 1. The van der Waals surface area contributed by atoms with Gasteiger partial charge in [0.25, 0.3) is 5.91 Å². The number of nitrogens with one attached hydrogen (secondary N) is 1. The Balaban J connectivity index is 1.52. The minimum atomic E-state index is -0.0306. The van der Waals surface area contributed by atoms with E-state index in [1.165, 1.54) is 38.8 Å². The van der Waals surface area contributed by atoms with Crippen molar-refractivity contribution in [1.29, 1.82) is 0 Å². The average Bonchev–Trinajstić information content (AvgIpc) is 2.97. The van der Waals surface area contributed by atoms with Crippen molar-refractivity contribution in [3.05, 3.63) is 48.5 Å². The highest BCUT2D eigenvalue weighted by atomic mass is 16.1. The molecule has 5 heteroatoms. The zero-order valence-electron chi connectivity index (χ0n) is 15.0. The molecular weight excluding hydrogens is 312 g/mol. The number of amides is 1. The van der Waals surface area contributed by atoms with Crippen LogP contribution >= 0.6 is 0 Å². The molecule has 1 N–H and O–H groups in total. The number of hydrogen-bond donors (Lipinski definition) is 1. The van der Waals surface area contributed by atoms with Crippen molar-refractivity contribution in [3.63, 3.8) is 0 Å². The predicted octanol–water partition coefficient (Wildman–Crippen LogP) is 3.26. The van der Waals surface area contributed by atoms with Crippen LogP contribution in [0.3, 0.4) is 0 Å². The molecule has 134 valence electrons. The molecule has 1 atom stereocenters. The lowest BCUT2D eigenvalue weighted by molar-refractivity contribution is 0.0941. The third-order valence-corrected chi connectivity index (χ3v) is 5.02. The van der Waals surface area contributed by atoms with Crippen molar-refractivity contribution >= 4 is 5.91 Å². The molecule has 0 aromatic carbocycles. The van der Waals surface area contributed by atoms with Crippen LogP contribution in [0.1, 0.15) is 49.5 Å². The lowest BCUT2D eigenvalue weighted by Gasteiger charge is -2.27. The monoisotopic (exact) mass is 340 g/mol. The number of carbonyl (C=O) groups is 1. The normalized spacial score (nSPS) is 17.0. The van der Waals surface area contributed by atoms with Crippen LogP contribution in [-0.4, -0.2) is 46.0 Å². The van der Waals surface area contributed by atoms with Gasteiger partial charge in [-0.05, 0) is 63.5 Å². The highest BCUT2D eigenvalue weighted by molar-refractivity contribution is 5.93. The fraction of sp³-hybridized carbons (Fsp3) is 0.500. The van der Waals surface area contributed by atoms with Gasteiger partial charge < -0.3 is 14.8 Å². The Morgan fingerprint density at radius 2 is 2.00 bits per heavy atom. The number of hydrogen-bond acceptors (Lipinski definition) is 3. The first-order valence-electron chi connectivity index (χ1n) is 9.36. The van der Waals surface area contributed by atoms with Gasteiger partial charge in [-0.2, -0.15) is 0 Å². The number of likely N-dealkylation sites (tertiary alicyclic amines) is 1. The summed E-state index contributed by atoms with van der Waals surface area (Å²) < 4.78 is 1.88. The Morgan fingerprint density at radius 1 is 1.20 bits per heavy atom. The zero-order valence-corrected chi connectivity index (χ0v) is 15.0. The average molecular weight is 340 g/mol. The van der Waals surface area contributed by atoms with Gasteiger partial charge in [-0.1, -0.05) is 12.8 Å². The van der Waals surface area contributed by atoms with E-state index in [0.717, 1.165) is 12.1 Å². The SMILES string of the molecule is C[C@H](CCNC(=O)c1cccn1-c1cccnc1)N1CCCCCC1. The Morgan fingerprint density at radius 3 is 2.72 bits per heavy atom. The number of rotatable bonds is 6. The molecule has 3 heterocycles. The second-order valence-corrected chi connectivity index (χ2v) is 6.82. The van der Waals surface area contributed by atoms with E-state index in [1.54, 1.807) is 12.4 Å². The van der Waals surface area contributed by atoms with Crippen LogP contribution < -0.4 is 5.32 Å². The number of carbonyl (C=O) groups excluding carboxylic acids is 1. The minimum Gasteiger partial charge on any atom is -0.351 e. The van der Waals surface area contributed by atoms with Crippen molar-refractivity contribution in [2.45, 2.75) is 45.1 Å². The molecule has 1 fully saturated rings. The number of nitrogens with zero attached hydrogens (tertiary/aromatic N) is 3. The van der Waals surface area contributed by atoms with Crippen LogP contribution in [0.2, 0.25) is 0 Å². The van der Waals surface area contributed by atoms with Crippen LogP contribution in [0.25, 0.3) is 5.69 Å². The number of aromatic nitrogens is 2. The first-order valence-corrected chi connectivity index (χ1v) is 9.36. The summed E-state index contributed by atoms with van der Waals surface area (Å²) >= 11 is 0. The zero-order chi connectivity index (χ0) is 17.5. The maximum Gasteiger partial charge on any atom is 0.268 e. The predicted molar refractivity (Wildman–Crippen MR) is 100 cm³/mol. The summed E-state index contributed by atoms with van der Waals surface area (Å²) in [6.45, 7) is 5.36. The van der Waals surface area contributed by atoms with Crippen molar-refractivity contribution < 1.29 is 4.79 Å². The van der Waals surface area contributed by atoms with Crippen LogP contribution in [0, 0.1) is 0 Å². The Labute approximate surface area is 150 Å². The summed E-state index contributed by atoms with van der Waals surface area (Å²) in [6, 6.07) is 8.08. The summed E-state index contributed by atoms with van der Waals surface area (Å²) in [7, 11) is 0. The molecule has 2 aromatic heterocycles. The van der Waals surface area contributed by atoms with E-state index in [0.29, 0.717) is 18.3 Å². The first-order chi connectivity index (χ1) is 12.3. The van der Waals surface area contributed by atoms with E-state index in [4.69, 9.17) is 0 Å². The maximum atomic E-state index is 12.5. The molecule has 1 aliphatic heterocycles. The van der Waals surface area contributed by atoms with Crippen molar-refractivity contribution in [1.82, 2.24) is 19.8 Å². The second-order valence-electron chi connectivity index (χ2n) is 6.82. The topological polar surface area (TPSA) is 50.2 Å². The van der Waals surface area contributed by atoms with E-state index in [9.17, 15) is 4.79 Å². The molecule has 2 aromatic rings. The fourth-order valence-corrected chi connectivity index (χ4v) is 3.49. The molecule has 0 aliphatic carbocycles. The molecule has 0 saturated carbocycles. The second kappa shape index (κ2) is 8.81. The van der Waals surface area contributed by atoms with E-state index in [-0.39, 0.29) is 5.91 Å². The molecule has 5 nitrogen and oxygen atoms in total. The molecule has 0 bridgehead atoms. The van der Waals surface area contributed by atoms with Gasteiger partial charge in [0.15, 0.2) is 0 Å². The largest absolute Gasteiger partial charge is 0.351 e. The van der Waals surface area contributed by atoms with Crippen LogP contribution in [0.4, 0.5) is 0 Å². The smallest absolute Gasteiger partial charge is 0.268 e. The summed E-state index contributed by atoms with van der Waals surface area (Å²) in [5.41, 5.74) is 1.55. The highest BCUT2D eigenvalue weighted by Crippen LogP contribution is 2.14. The van der Waals surface area contributed by atoms with Crippen molar-refractivity contribution in [2.24, 2.45) is 0 Å². The quantitative estimate of drug-likeness (QED) is 0.878. The van der Waals surface area contributed by atoms with Gasteiger partial charge in [-0.3, -0.25) is 9.78 Å². The lowest BCUT2D eigenvalue weighted by atomic mass is 10.2. The van der Waals surface area contributed by atoms with E-state index < -0.39 is 0 Å². The molecular formula is C20H28N4O. The first kappa shape index (κ1) is 17.7. The van der Waals surface area contributed by atoms with Crippen LogP contribution in [0.15, 0.2) is 42.9 Å². The molecule has 3 rings (SSSR count). The maximum absolute atomic E-state index is 12.5. The van der Waals surface area contributed by atoms with Crippen molar-refractivity contribution in [2.75, 3.05) is 19.6 Å². The summed E-state index contributed by atoms with van der Waals surface area (Å²) in [4.78, 5) is 19.2. The van der Waals surface area contributed by atoms with Gasteiger partial charge in [0.2, 0.25) is 0 Å². The third kappa shape index (κ3) is 4.69. The molecule has 1 saturated heterocycles. The molecule has 1 aliphatic rings. The van der Waals surface area contributed by atoms with Crippen LogP contribution in [-0.2, 0) is 0 Å². The molecule has 1 amide bonds. The Kier molecular flexibility index (Phi) is 6.23. The standard InChI is InChI=1S/C20H28N4O/c1-17(23-13-4-2-3-5-14-23)10-12-22-20(25)19-9-7-15-24(19)18-8-6-11-21-16-18/h6-9,11,15-17H,2-5,10,12-14H2,1H3,(H,22,25)/t17-/m1/s1. The van der Waals surface area contributed by atoms with Crippen LogP contribution in [0.5, 0.6) is 0 Å². The minimum absolute atomic E-state index is 0.0306. The summed E-state index contributed by atoms with van der Waals surface area (Å²) in [5, 5.41) is 3.07. The van der Waals surface area contributed by atoms with Gasteiger partial charge in [0, 0.05) is 25.0 Å². The van der Waals surface area contributed by atoms with Crippen molar-refractivity contribution in [3.8, 4) is 5.69 Å². The van der Waals surface area contributed by atoms with Gasteiger partial charge >= 0.3 is 0 Å². The Hall–Kier alpha value is -2.14. The Bertz CT molecular complexity index is 659. The fourth-order valence-electron chi connectivity index (χ4n) is 3.49. The third-order valence-electron chi connectivity index (χ3n) is 5.02. The highest BCUT2D eigenvalue weighted by Gasteiger charge is 2.16. The summed E-state index contributed by atoms with van der Waals surface area (Å²) in [6.07, 6.45) is 11.7. The van der Waals surface area contributed by atoms with Gasteiger partial charge in [-0.25, -0.2) is 0 Å².